The van der Waals surface area contributed by atoms with Gasteiger partial charge in [-0.2, -0.15) is 0 Å². The lowest BCUT2D eigenvalue weighted by Crippen LogP contribution is -2.31. The number of hydrogen-bond donors (Lipinski definition) is 0. The Morgan fingerprint density at radius 1 is 0.897 bits per heavy atom. The van der Waals surface area contributed by atoms with Crippen molar-refractivity contribution in [3.8, 4) is 11.5 Å². The van der Waals surface area contributed by atoms with Crippen LogP contribution in [-0.2, 0) is 16.6 Å². The maximum Gasteiger partial charge on any atom is 0.264 e. The third-order valence-electron chi connectivity index (χ3n) is 4.53. The van der Waals surface area contributed by atoms with Crippen LogP contribution < -0.4 is 13.8 Å². The summed E-state index contributed by atoms with van der Waals surface area (Å²) in [4.78, 5) is 0.0533. The van der Waals surface area contributed by atoms with Crippen LogP contribution in [0.15, 0.2) is 71.6 Å². The van der Waals surface area contributed by atoms with E-state index in [9.17, 15) is 12.8 Å². The molecule has 0 spiro atoms. The first-order valence-electron chi connectivity index (χ1n) is 8.91. The van der Waals surface area contributed by atoms with Crippen molar-refractivity contribution in [3.05, 3.63) is 83.7 Å². The van der Waals surface area contributed by atoms with Crippen LogP contribution in [0.25, 0.3) is 0 Å². The van der Waals surface area contributed by atoms with Crippen molar-refractivity contribution in [2.24, 2.45) is 0 Å². The van der Waals surface area contributed by atoms with Gasteiger partial charge in [-0.3, -0.25) is 4.31 Å². The average molecular weight is 415 g/mol. The minimum Gasteiger partial charge on any atom is -0.497 e. The molecular weight excluding hydrogens is 393 g/mol. The summed E-state index contributed by atoms with van der Waals surface area (Å²) in [5.74, 6) is 0.767. The summed E-state index contributed by atoms with van der Waals surface area (Å²) in [7, 11) is -0.856. The lowest BCUT2D eigenvalue weighted by molar-refractivity contribution is 0.414. The van der Waals surface area contributed by atoms with Crippen LogP contribution in [0.1, 0.15) is 11.1 Å². The zero-order valence-electron chi connectivity index (χ0n) is 16.4. The number of hydrogen-bond acceptors (Lipinski definition) is 4. The van der Waals surface area contributed by atoms with E-state index in [4.69, 9.17) is 9.47 Å². The largest absolute Gasteiger partial charge is 0.497 e. The third kappa shape index (κ3) is 4.51. The molecule has 0 heterocycles. The Bertz CT molecular complexity index is 1100. The Balaban J connectivity index is 2.10. The lowest BCUT2D eigenvalue weighted by Gasteiger charge is -2.26. The maximum atomic E-state index is 13.5. The fraction of sp³-hybridized carbons (Fsp3) is 0.182. The Morgan fingerprint density at radius 2 is 1.59 bits per heavy atom. The molecule has 0 aliphatic rings. The number of rotatable bonds is 7. The highest BCUT2D eigenvalue weighted by Gasteiger charge is 2.27. The molecule has 0 aliphatic carbocycles. The second kappa shape index (κ2) is 8.53. The monoisotopic (exact) mass is 415 g/mol. The van der Waals surface area contributed by atoms with Crippen LogP contribution in [0.5, 0.6) is 11.5 Å². The first-order chi connectivity index (χ1) is 13.8. The molecular formula is C22H22FNO4S. The molecule has 0 unspecified atom stereocenters. The number of sulfonamides is 1. The molecule has 7 heteroatoms. The van der Waals surface area contributed by atoms with E-state index in [1.807, 2.05) is 6.07 Å². The lowest BCUT2D eigenvalue weighted by atomic mass is 10.2. The number of anilines is 1. The Labute approximate surface area is 170 Å². The van der Waals surface area contributed by atoms with E-state index in [2.05, 4.69) is 0 Å². The molecule has 152 valence electrons. The van der Waals surface area contributed by atoms with Crippen LogP contribution in [0, 0.1) is 12.7 Å². The fourth-order valence-electron chi connectivity index (χ4n) is 3.02. The summed E-state index contributed by atoms with van der Waals surface area (Å²) in [6.07, 6.45) is 0. The van der Waals surface area contributed by atoms with Gasteiger partial charge in [-0.05, 0) is 72.6 Å². The van der Waals surface area contributed by atoms with Crippen molar-refractivity contribution >= 4 is 15.7 Å². The summed E-state index contributed by atoms with van der Waals surface area (Å²) in [6.45, 7) is 1.66. The minimum atomic E-state index is -3.95. The molecule has 3 aromatic rings. The van der Waals surface area contributed by atoms with Gasteiger partial charge in [0, 0.05) is 0 Å². The molecule has 0 fully saturated rings. The molecule has 0 bridgehead atoms. The number of halogens is 1. The number of nitrogens with zero attached hydrogens (tertiary/aromatic N) is 1. The molecule has 0 saturated carbocycles. The third-order valence-corrected chi connectivity index (χ3v) is 6.46. The van der Waals surface area contributed by atoms with E-state index >= 15 is 0 Å². The van der Waals surface area contributed by atoms with Gasteiger partial charge in [0.25, 0.3) is 10.0 Å². The topological polar surface area (TPSA) is 55.8 Å². The quantitative estimate of drug-likeness (QED) is 0.568. The number of benzene rings is 3. The summed E-state index contributed by atoms with van der Waals surface area (Å²) in [6, 6.07) is 17.6. The van der Waals surface area contributed by atoms with Gasteiger partial charge in [0.15, 0.2) is 0 Å². The van der Waals surface area contributed by atoms with Crippen molar-refractivity contribution in [1.29, 1.82) is 0 Å². The second-order valence-electron chi connectivity index (χ2n) is 6.47. The van der Waals surface area contributed by atoms with Gasteiger partial charge in [-0.1, -0.05) is 12.1 Å². The number of aryl methyl sites for hydroxylation is 1. The highest BCUT2D eigenvalue weighted by molar-refractivity contribution is 7.92. The van der Waals surface area contributed by atoms with Crippen molar-refractivity contribution < 1.29 is 22.3 Å². The predicted octanol–water partition coefficient (Wildman–Crippen LogP) is 4.55. The van der Waals surface area contributed by atoms with E-state index in [0.717, 1.165) is 11.6 Å². The van der Waals surface area contributed by atoms with Crippen molar-refractivity contribution in [2.45, 2.75) is 18.4 Å². The molecule has 0 saturated heterocycles. The zero-order valence-corrected chi connectivity index (χ0v) is 17.2. The van der Waals surface area contributed by atoms with Crippen LogP contribution in [-0.4, -0.2) is 22.6 Å². The van der Waals surface area contributed by atoms with Crippen LogP contribution in [0.4, 0.5) is 10.1 Å². The number of ether oxygens (including phenoxy) is 2. The smallest absolute Gasteiger partial charge is 0.264 e. The molecule has 0 radical (unpaired) electrons. The molecule has 5 nitrogen and oxygen atoms in total. The Hall–Kier alpha value is -3.06. The van der Waals surface area contributed by atoms with Gasteiger partial charge in [0.2, 0.25) is 0 Å². The normalized spacial score (nSPS) is 11.2. The predicted molar refractivity (Wildman–Crippen MR) is 110 cm³/mol. The van der Waals surface area contributed by atoms with E-state index in [1.54, 1.807) is 63.6 Å². The van der Waals surface area contributed by atoms with Crippen LogP contribution in [0.3, 0.4) is 0 Å². The van der Waals surface area contributed by atoms with Crippen molar-refractivity contribution in [1.82, 2.24) is 0 Å². The minimum absolute atomic E-state index is 0.0533. The zero-order chi connectivity index (χ0) is 21.0. The molecule has 29 heavy (non-hydrogen) atoms. The molecule has 3 aromatic carbocycles. The first kappa shape index (κ1) is 20.7. The summed E-state index contributed by atoms with van der Waals surface area (Å²) >= 11 is 0. The fourth-order valence-corrected chi connectivity index (χ4v) is 4.68. The number of methoxy groups -OCH3 is 2. The Kier molecular flexibility index (Phi) is 6.08. The van der Waals surface area contributed by atoms with Crippen molar-refractivity contribution in [3.63, 3.8) is 0 Å². The van der Waals surface area contributed by atoms with Crippen molar-refractivity contribution in [2.75, 3.05) is 18.5 Å². The van der Waals surface area contributed by atoms with Crippen LogP contribution >= 0.6 is 0 Å². The van der Waals surface area contributed by atoms with Gasteiger partial charge >= 0.3 is 0 Å². The van der Waals surface area contributed by atoms with Gasteiger partial charge in [-0.25, -0.2) is 12.8 Å². The van der Waals surface area contributed by atoms with Crippen LogP contribution in [0.2, 0.25) is 0 Å². The van der Waals surface area contributed by atoms with E-state index in [1.165, 1.54) is 16.4 Å². The summed E-state index contributed by atoms with van der Waals surface area (Å²) < 4.78 is 52.3. The highest BCUT2D eigenvalue weighted by atomic mass is 32.2. The highest BCUT2D eigenvalue weighted by Crippen LogP contribution is 2.30. The SMILES string of the molecule is COc1ccc(N(Cc2cccc(OC)c2)S(=O)(=O)c2ccc(F)cc2C)cc1. The molecule has 0 aromatic heterocycles. The molecule has 3 rings (SSSR count). The molecule has 0 atom stereocenters. The standard InChI is InChI=1S/C22H22FNO4S/c1-16-13-18(23)7-12-22(16)29(25,26)24(19-8-10-20(27-2)11-9-19)15-17-5-4-6-21(14-17)28-3/h4-14H,15H2,1-3H3. The molecule has 0 amide bonds. The first-order valence-corrected chi connectivity index (χ1v) is 10.3. The summed E-state index contributed by atoms with van der Waals surface area (Å²) in [5, 5.41) is 0. The maximum absolute atomic E-state index is 13.5. The van der Waals surface area contributed by atoms with Gasteiger partial charge in [0.05, 0.1) is 31.3 Å². The Morgan fingerprint density at radius 3 is 2.21 bits per heavy atom. The van der Waals surface area contributed by atoms with Gasteiger partial charge < -0.3 is 9.47 Å². The van der Waals surface area contributed by atoms with Gasteiger partial charge in [-0.15, -0.1) is 0 Å². The van der Waals surface area contributed by atoms with E-state index in [-0.39, 0.29) is 11.4 Å². The second-order valence-corrected chi connectivity index (χ2v) is 8.30. The summed E-state index contributed by atoms with van der Waals surface area (Å²) in [5.41, 5.74) is 1.56. The average Bonchev–Trinajstić information content (AvgIpc) is 2.72. The van der Waals surface area contributed by atoms with Gasteiger partial charge in [0.1, 0.15) is 17.3 Å². The molecule has 0 aliphatic heterocycles. The molecule has 0 N–H and O–H groups in total. The van der Waals surface area contributed by atoms with E-state index in [0.29, 0.717) is 22.7 Å². The van der Waals surface area contributed by atoms with E-state index < -0.39 is 15.8 Å².